The number of benzene rings is 1. The van der Waals surface area contributed by atoms with Gasteiger partial charge in [0.25, 0.3) is 0 Å². The Labute approximate surface area is 123 Å². The Balaban J connectivity index is 1.99. The smallest absolute Gasteiger partial charge is 0.214 e. The number of hydrogen-bond acceptors (Lipinski definition) is 4. The number of nitrogens with zero attached hydrogens (tertiary/aromatic N) is 1. The van der Waals surface area contributed by atoms with Crippen LogP contribution in [0, 0.1) is 0 Å². The second kappa shape index (κ2) is 6.13. The third kappa shape index (κ3) is 3.32. The molecular formula is C13H17ClN2O3S. The Morgan fingerprint density at radius 3 is 2.70 bits per heavy atom. The van der Waals surface area contributed by atoms with Crippen molar-refractivity contribution >= 4 is 32.6 Å². The maximum absolute atomic E-state index is 11.6. The molecule has 0 aliphatic heterocycles. The highest BCUT2D eigenvalue weighted by atomic mass is 35.5. The Kier molecular flexibility index (Phi) is 4.70. The molecule has 2 rings (SSSR count). The normalized spacial score (nSPS) is 12.4. The van der Waals surface area contributed by atoms with E-state index in [0.717, 1.165) is 16.5 Å². The maximum atomic E-state index is 11.6. The largest absolute Gasteiger partial charge is 0.444 e. The lowest BCUT2D eigenvalue weighted by Gasteiger charge is -2.11. The Morgan fingerprint density at radius 2 is 2.00 bits per heavy atom. The monoisotopic (exact) mass is 316 g/mol. The molecule has 1 N–H and O–H groups in total. The predicted molar refractivity (Wildman–Crippen MR) is 80.4 cm³/mol. The Hall–Kier alpha value is -1.08. The second-order valence-electron chi connectivity index (χ2n) is 4.63. The van der Waals surface area contributed by atoms with Gasteiger partial charge in [0.15, 0.2) is 5.22 Å². The molecule has 7 heteroatoms. The first-order valence-corrected chi connectivity index (χ1v) is 8.17. The van der Waals surface area contributed by atoms with Gasteiger partial charge in [0, 0.05) is 38.1 Å². The van der Waals surface area contributed by atoms with Crippen LogP contribution in [-0.2, 0) is 16.6 Å². The van der Waals surface area contributed by atoms with Crippen LogP contribution < -0.4 is 5.32 Å². The standard InChI is InChI=1S/C13H17ClN2O3S/c1-16(2)20(17,18)8-7-15-9-11-10-5-3-4-6-12(10)19-13(11)14/h3-6,15H,7-9H2,1-2H3. The number of halogens is 1. The number of sulfonamides is 1. The summed E-state index contributed by atoms with van der Waals surface area (Å²) in [4.78, 5) is 0. The van der Waals surface area contributed by atoms with Crippen molar-refractivity contribution in [2.45, 2.75) is 6.54 Å². The first-order valence-electron chi connectivity index (χ1n) is 6.18. The lowest BCUT2D eigenvalue weighted by molar-refractivity contribution is 0.517. The van der Waals surface area contributed by atoms with Gasteiger partial charge in [0.1, 0.15) is 5.58 Å². The molecule has 0 radical (unpaired) electrons. The minimum Gasteiger partial charge on any atom is -0.444 e. The van der Waals surface area contributed by atoms with Crippen LogP contribution in [0.4, 0.5) is 0 Å². The third-order valence-corrected chi connectivity index (χ3v) is 5.18. The van der Waals surface area contributed by atoms with Crippen molar-refractivity contribution in [3.05, 3.63) is 35.0 Å². The van der Waals surface area contributed by atoms with Crippen molar-refractivity contribution < 1.29 is 12.8 Å². The quantitative estimate of drug-likeness (QED) is 0.829. The van der Waals surface area contributed by atoms with Crippen LogP contribution in [0.25, 0.3) is 11.0 Å². The van der Waals surface area contributed by atoms with Crippen molar-refractivity contribution in [1.29, 1.82) is 0 Å². The van der Waals surface area contributed by atoms with E-state index in [0.29, 0.717) is 18.3 Å². The van der Waals surface area contributed by atoms with Gasteiger partial charge in [-0.3, -0.25) is 0 Å². The van der Waals surface area contributed by atoms with Gasteiger partial charge < -0.3 is 9.73 Å². The van der Waals surface area contributed by atoms with E-state index in [2.05, 4.69) is 5.32 Å². The minimum atomic E-state index is -3.18. The number of fused-ring (bicyclic) bond motifs is 1. The van der Waals surface area contributed by atoms with Crippen LogP contribution in [0.5, 0.6) is 0 Å². The van der Waals surface area contributed by atoms with Crippen molar-refractivity contribution in [2.24, 2.45) is 0 Å². The Bertz CT molecular complexity index is 695. The topological polar surface area (TPSA) is 62.6 Å². The van der Waals surface area contributed by atoms with Crippen molar-refractivity contribution in [3.63, 3.8) is 0 Å². The zero-order valence-electron chi connectivity index (χ0n) is 11.4. The number of para-hydroxylation sites is 1. The van der Waals surface area contributed by atoms with E-state index in [1.54, 1.807) is 0 Å². The summed E-state index contributed by atoms with van der Waals surface area (Å²) in [6, 6.07) is 7.57. The summed E-state index contributed by atoms with van der Waals surface area (Å²) in [5, 5.41) is 4.37. The molecule has 0 spiro atoms. The zero-order chi connectivity index (χ0) is 14.8. The second-order valence-corrected chi connectivity index (χ2v) is 7.27. The molecule has 0 bridgehead atoms. The van der Waals surface area contributed by atoms with E-state index in [1.165, 1.54) is 18.4 Å². The van der Waals surface area contributed by atoms with Gasteiger partial charge in [-0.15, -0.1) is 0 Å². The number of hydrogen-bond donors (Lipinski definition) is 1. The summed E-state index contributed by atoms with van der Waals surface area (Å²) in [5.41, 5.74) is 1.58. The van der Waals surface area contributed by atoms with E-state index in [9.17, 15) is 8.42 Å². The molecule has 5 nitrogen and oxygen atoms in total. The molecule has 1 aromatic carbocycles. The zero-order valence-corrected chi connectivity index (χ0v) is 13.0. The molecule has 0 atom stereocenters. The van der Waals surface area contributed by atoms with Gasteiger partial charge in [-0.05, 0) is 17.7 Å². The molecule has 20 heavy (non-hydrogen) atoms. The lowest BCUT2D eigenvalue weighted by Crippen LogP contribution is -2.31. The molecule has 0 unspecified atom stereocenters. The molecule has 0 aliphatic rings. The van der Waals surface area contributed by atoms with Gasteiger partial charge in [-0.1, -0.05) is 18.2 Å². The fourth-order valence-electron chi connectivity index (χ4n) is 1.83. The number of furan rings is 1. The van der Waals surface area contributed by atoms with Crippen LogP contribution in [0.3, 0.4) is 0 Å². The van der Waals surface area contributed by atoms with Crippen LogP contribution in [0.2, 0.25) is 5.22 Å². The van der Waals surface area contributed by atoms with Gasteiger partial charge in [-0.2, -0.15) is 0 Å². The molecule has 0 saturated heterocycles. The molecule has 0 aliphatic carbocycles. The maximum Gasteiger partial charge on any atom is 0.214 e. The van der Waals surface area contributed by atoms with Crippen LogP contribution in [-0.4, -0.2) is 39.1 Å². The van der Waals surface area contributed by atoms with E-state index in [1.807, 2.05) is 24.3 Å². The molecule has 1 aromatic heterocycles. The molecule has 2 aromatic rings. The molecule has 0 fully saturated rings. The highest BCUT2D eigenvalue weighted by Crippen LogP contribution is 2.29. The minimum absolute atomic E-state index is 0.0490. The highest BCUT2D eigenvalue weighted by Gasteiger charge is 2.14. The van der Waals surface area contributed by atoms with Crippen LogP contribution in [0.15, 0.2) is 28.7 Å². The van der Waals surface area contributed by atoms with Gasteiger partial charge >= 0.3 is 0 Å². The number of nitrogens with one attached hydrogen (secondary N) is 1. The van der Waals surface area contributed by atoms with Gasteiger partial charge in [0.2, 0.25) is 10.0 Å². The molecular weight excluding hydrogens is 300 g/mol. The van der Waals surface area contributed by atoms with Crippen molar-refractivity contribution in [1.82, 2.24) is 9.62 Å². The first-order chi connectivity index (χ1) is 9.42. The van der Waals surface area contributed by atoms with E-state index in [4.69, 9.17) is 16.0 Å². The average molecular weight is 317 g/mol. The molecule has 1 heterocycles. The van der Waals surface area contributed by atoms with E-state index < -0.39 is 10.0 Å². The van der Waals surface area contributed by atoms with Crippen LogP contribution in [0.1, 0.15) is 5.56 Å². The summed E-state index contributed by atoms with van der Waals surface area (Å²) in [7, 11) is -0.130. The highest BCUT2D eigenvalue weighted by molar-refractivity contribution is 7.89. The fourth-order valence-corrected chi connectivity index (χ4v) is 2.85. The van der Waals surface area contributed by atoms with E-state index >= 15 is 0 Å². The average Bonchev–Trinajstić information content (AvgIpc) is 2.70. The SMILES string of the molecule is CN(C)S(=O)(=O)CCNCc1c(Cl)oc2ccccc12. The van der Waals surface area contributed by atoms with Gasteiger partial charge in [0.05, 0.1) is 5.75 Å². The first kappa shape index (κ1) is 15.3. The fraction of sp³-hybridized carbons (Fsp3) is 0.385. The molecule has 0 amide bonds. The number of rotatable bonds is 6. The van der Waals surface area contributed by atoms with Gasteiger partial charge in [-0.25, -0.2) is 12.7 Å². The van der Waals surface area contributed by atoms with Crippen molar-refractivity contribution in [3.8, 4) is 0 Å². The summed E-state index contributed by atoms with van der Waals surface area (Å²) in [5.74, 6) is 0.0490. The summed E-state index contributed by atoms with van der Waals surface area (Å²) in [6.45, 7) is 0.829. The molecule has 110 valence electrons. The summed E-state index contributed by atoms with van der Waals surface area (Å²) < 4.78 is 29.9. The van der Waals surface area contributed by atoms with Crippen molar-refractivity contribution in [2.75, 3.05) is 26.4 Å². The Morgan fingerprint density at radius 1 is 1.30 bits per heavy atom. The summed E-state index contributed by atoms with van der Waals surface area (Å²) >= 11 is 6.05. The summed E-state index contributed by atoms with van der Waals surface area (Å²) in [6.07, 6.45) is 0. The molecule has 0 saturated carbocycles. The van der Waals surface area contributed by atoms with Crippen LogP contribution >= 0.6 is 11.6 Å². The lowest BCUT2D eigenvalue weighted by atomic mass is 10.2. The van der Waals surface area contributed by atoms with E-state index in [-0.39, 0.29) is 5.75 Å². The third-order valence-electron chi connectivity index (χ3n) is 3.04. The predicted octanol–water partition coefficient (Wildman–Crippen LogP) is 2.07.